The topological polar surface area (TPSA) is 105 Å². The standard InChI is InChI=1S/C38H44N4O4/c1-5-7-12-28-18-20-30(21-19-28)25-42-33-17-10-9-16-32(33)38(39-24-34(42)43,31-15-11-14-29(23-31)13-8-6-2)35(36(44)45)46-37-40-26(3)22-27(4)41-37/h9-11,14-23,35,39H,5-8,12-13,24-25H2,1-4H3,(H,44,45)/t35-,38+/m1/s1. The Morgan fingerprint density at radius 1 is 0.891 bits per heavy atom. The van der Waals surface area contributed by atoms with Gasteiger partial charge in [0.2, 0.25) is 12.0 Å². The number of nitrogens with one attached hydrogen (secondary N) is 1. The van der Waals surface area contributed by atoms with E-state index in [2.05, 4.69) is 59.5 Å². The molecule has 2 heterocycles. The molecule has 0 saturated carbocycles. The second kappa shape index (κ2) is 14.7. The highest BCUT2D eigenvalue weighted by molar-refractivity contribution is 5.97. The normalized spacial score (nSPS) is 16.9. The predicted octanol–water partition coefficient (Wildman–Crippen LogP) is 6.69. The third kappa shape index (κ3) is 7.12. The van der Waals surface area contributed by atoms with Gasteiger partial charge in [0.05, 0.1) is 13.1 Å². The Morgan fingerprint density at radius 3 is 2.22 bits per heavy atom. The summed E-state index contributed by atoms with van der Waals surface area (Å²) in [5.74, 6) is -1.37. The van der Waals surface area contributed by atoms with E-state index in [1.807, 2.05) is 62.4 Å². The van der Waals surface area contributed by atoms with Gasteiger partial charge in [0, 0.05) is 22.6 Å². The number of para-hydroxylation sites is 1. The number of carbonyl (C=O) groups is 2. The number of carboxylic acids is 1. The summed E-state index contributed by atoms with van der Waals surface area (Å²) in [6, 6.07) is 25.7. The van der Waals surface area contributed by atoms with Crippen molar-refractivity contribution in [2.75, 3.05) is 11.4 Å². The van der Waals surface area contributed by atoms with Crippen molar-refractivity contribution in [1.29, 1.82) is 0 Å². The number of aryl methyl sites for hydroxylation is 4. The Kier molecular flexibility index (Phi) is 10.5. The van der Waals surface area contributed by atoms with E-state index in [-0.39, 0.29) is 18.5 Å². The van der Waals surface area contributed by atoms with Gasteiger partial charge in [-0.15, -0.1) is 0 Å². The maximum absolute atomic E-state index is 14.0. The molecule has 0 saturated heterocycles. The lowest BCUT2D eigenvalue weighted by Crippen LogP contribution is -2.58. The number of ether oxygens (including phenoxy) is 1. The average molecular weight is 621 g/mol. The van der Waals surface area contributed by atoms with Crippen molar-refractivity contribution in [1.82, 2.24) is 15.3 Å². The molecule has 8 nitrogen and oxygen atoms in total. The number of amides is 1. The van der Waals surface area contributed by atoms with Crippen LogP contribution in [-0.2, 0) is 34.5 Å². The second-order valence-electron chi connectivity index (χ2n) is 12.2. The molecule has 1 aliphatic heterocycles. The van der Waals surface area contributed by atoms with Gasteiger partial charge in [-0.3, -0.25) is 10.1 Å². The Hall–Kier alpha value is -4.56. The van der Waals surface area contributed by atoms with E-state index in [0.29, 0.717) is 34.7 Å². The fourth-order valence-corrected chi connectivity index (χ4v) is 6.30. The van der Waals surface area contributed by atoms with Gasteiger partial charge in [0.25, 0.3) is 0 Å². The van der Waals surface area contributed by atoms with Crippen molar-refractivity contribution >= 4 is 17.6 Å². The van der Waals surface area contributed by atoms with Gasteiger partial charge in [0.1, 0.15) is 5.54 Å². The molecule has 2 N–H and O–H groups in total. The van der Waals surface area contributed by atoms with Crippen LogP contribution in [-0.4, -0.2) is 39.6 Å². The first kappa shape index (κ1) is 32.8. The molecule has 1 aliphatic rings. The number of carbonyl (C=O) groups excluding carboxylic acids is 1. The smallest absolute Gasteiger partial charge is 0.347 e. The first-order valence-electron chi connectivity index (χ1n) is 16.3. The van der Waals surface area contributed by atoms with Crippen LogP contribution in [0.3, 0.4) is 0 Å². The van der Waals surface area contributed by atoms with Crippen LogP contribution < -0.4 is 15.0 Å². The predicted molar refractivity (Wildman–Crippen MR) is 180 cm³/mol. The molecule has 0 unspecified atom stereocenters. The van der Waals surface area contributed by atoms with E-state index in [4.69, 9.17) is 4.74 Å². The molecule has 0 bridgehead atoms. The monoisotopic (exact) mass is 620 g/mol. The number of hydrogen-bond donors (Lipinski definition) is 2. The molecule has 8 heteroatoms. The minimum Gasteiger partial charge on any atom is -0.478 e. The minimum atomic E-state index is -1.51. The van der Waals surface area contributed by atoms with Crippen LogP contribution in [0.2, 0.25) is 0 Å². The zero-order chi connectivity index (χ0) is 32.7. The lowest BCUT2D eigenvalue weighted by atomic mass is 9.76. The van der Waals surface area contributed by atoms with Crippen molar-refractivity contribution < 1.29 is 19.4 Å². The van der Waals surface area contributed by atoms with E-state index in [9.17, 15) is 14.7 Å². The van der Waals surface area contributed by atoms with Crippen molar-refractivity contribution in [3.05, 3.63) is 118 Å². The molecule has 1 aromatic heterocycles. The SMILES string of the molecule is CCCCc1ccc(CN2C(=O)CN[C@](c3cccc(CCCC)c3)([C@H](Oc3nc(C)cc(C)n3)C(=O)O)c3ccccc32)cc1. The maximum atomic E-state index is 14.0. The molecule has 0 spiro atoms. The zero-order valence-corrected chi connectivity index (χ0v) is 27.3. The molecule has 2 atom stereocenters. The number of anilines is 1. The van der Waals surface area contributed by atoms with Crippen LogP contribution in [0, 0.1) is 13.8 Å². The highest BCUT2D eigenvalue weighted by Crippen LogP contribution is 2.43. The van der Waals surface area contributed by atoms with Gasteiger partial charge in [0.15, 0.2) is 0 Å². The minimum absolute atomic E-state index is 0.0266. The van der Waals surface area contributed by atoms with E-state index < -0.39 is 17.6 Å². The molecule has 0 radical (unpaired) electrons. The number of hydrogen-bond acceptors (Lipinski definition) is 6. The van der Waals surface area contributed by atoms with Crippen LogP contribution in [0.25, 0.3) is 0 Å². The summed E-state index contributed by atoms with van der Waals surface area (Å²) >= 11 is 0. The van der Waals surface area contributed by atoms with Gasteiger partial charge in [-0.05, 0) is 73.9 Å². The van der Waals surface area contributed by atoms with Crippen molar-refractivity contribution in [3.8, 4) is 6.01 Å². The van der Waals surface area contributed by atoms with Gasteiger partial charge in [-0.1, -0.05) is 93.4 Å². The molecule has 46 heavy (non-hydrogen) atoms. The Balaban J connectivity index is 1.67. The first-order chi connectivity index (χ1) is 22.2. The van der Waals surface area contributed by atoms with Gasteiger partial charge < -0.3 is 14.7 Å². The zero-order valence-electron chi connectivity index (χ0n) is 27.3. The van der Waals surface area contributed by atoms with Crippen molar-refractivity contribution in [2.45, 2.75) is 84.4 Å². The number of aliphatic carboxylic acids is 1. The van der Waals surface area contributed by atoms with Crippen LogP contribution in [0.15, 0.2) is 78.9 Å². The van der Waals surface area contributed by atoms with Gasteiger partial charge in [-0.25, -0.2) is 14.8 Å². The van der Waals surface area contributed by atoms with Crippen molar-refractivity contribution in [3.63, 3.8) is 0 Å². The number of fused-ring (bicyclic) bond motifs is 1. The van der Waals surface area contributed by atoms with E-state index in [1.165, 1.54) is 5.56 Å². The van der Waals surface area contributed by atoms with Crippen LogP contribution in [0.1, 0.15) is 78.7 Å². The van der Waals surface area contributed by atoms with E-state index in [0.717, 1.165) is 49.7 Å². The fourth-order valence-electron chi connectivity index (χ4n) is 6.30. The number of aromatic nitrogens is 2. The number of benzene rings is 3. The Morgan fingerprint density at radius 2 is 1.54 bits per heavy atom. The lowest BCUT2D eigenvalue weighted by molar-refractivity contribution is -0.149. The number of rotatable bonds is 13. The summed E-state index contributed by atoms with van der Waals surface area (Å²) in [5, 5.41) is 14.3. The van der Waals surface area contributed by atoms with Crippen molar-refractivity contribution in [2.24, 2.45) is 0 Å². The fraction of sp³-hybridized carbons (Fsp3) is 0.368. The third-order valence-corrected chi connectivity index (χ3v) is 8.63. The molecule has 240 valence electrons. The largest absolute Gasteiger partial charge is 0.478 e. The molecule has 0 aliphatic carbocycles. The maximum Gasteiger partial charge on any atom is 0.347 e. The molecular weight excluding hydrogens is 576 g/mol. The van der Waals surface area contributed by atoms with Crippen LogP contribution in [0.4, 0.5) is 5.69 Å². The van der Waals surface area contributed by atoms with Crippen LogP contribution in [0.5, 0.6) is 6.01 Å². The average Bonchev–Trinajstić information content (AvgIpc) is 3.16. The first-order valence-corrected chi connectivity index (χ1v) is 16.3. The highest BCUT2D eigenvalue weighted by Gasteiger charge is 2.52. The quantitative estimate of drug-likeness (QED) is 0.172. The number of unbranched alkanes of at least 4 members (excludes halogenated alkanes) is 2. The van der Waals surface area contributed by atoms with Crippen LogP contribution >= 0.6 is 0 Å². The summed E-state index contributed by atoms with van der Waals surface area (Å²) < 4.78 is 6.29. The summed E-state index contributed by atoms with van der Waals surface area (Å²) in [6.07, 6.45) is 4.65. The van der Waals surface area contributed by atoms with Gasteiger partial charge >= 0.3 is 12.0 Å². The summed E-state index contributed by atoms with van der Waals surface area (Å²) in [6.45, 7) is 8.19. The Bertz CT molecular complexity index is 1650. The van der Waals surface area contributed by atoms with E-state index >= 15 is 0 Å². The third-order valence-electron chi connectivity index (χ3n) is 8.63. The molecule has 0 fully saturated rings. The highest BCUT2D eigenvalue weighted by atomic mass is 16.5. The molecule has 1 amide bonds. The summed E-state index contributed by atoms with van der Waals surface area (Å²) in [7, 11) is 0. The molecule has 4 aromatic rings. The Labute approximate surface area is 271 Å². The molecule has 5 rings (SSSR count). The second-order valence-corrected chi connectivity index (χ2v) is 12.2. The van der Waals surface area contributed by atoms with E-state index in [1.54, 1.807) is 4.90 Å². The summed E-state index contributed by atoms with van der Waals surface area (Å²) in [4.78, 5) is 38.0. The lowest BCUT2D eigenvalue weighted by Gasteiger charge is -2.39. The number of carboxylic acid groups (broad SMARTS) is 1. The molecule has 3 aromatic carbocycles. The molecular formula is C38H44N4O4. The summed E-state index contributed by atoms with van der Waals surface area (Å²) in [5.41, 5.74) is 5.17. The number of nitrogens with zero attached hydrogens (tertiary/aromatic N) is 3. The van der Waals surface area contributed by atoms with Gasteiger partial charge in [-0.2, -0.15) is 0 Å².